The van der Waals surface area contributed by atoms with Crippen molar-refractivity contribution in [1.29, 1.82) is 0 Å². The third kappa shape index (κ3) is 4.38. The van der Waals surface area contributed by atoms with Gasteiger partial charge >= 0.3 is 0 Å². The fourth-order valence-electron chi connectivity index (χ4n) is 2.08. The highest BCUT2D eigenvalue weighted by atomic mass is 15.1. The van der Waals surface area contributed by atoms with Crippen molar-refractivity contribution in [3.63, 3.8) is 0 Å². The number of nitrogens with one attached hydrogen (secondary N) is 1. The van der Waals surface area contributed by atoms with Crippen LogP contribution in [0.2, 0.25) is 0 Å². The lowest BCUT2D eigenvalue weighted by Gasteiger charge is -2.17. The Morgan fingerprint density at radius 1 is 1.16 bits per heavy atom. The predicted molar refractivity (Wildman–Crippen MR) is 80.3 cm³/mol. The Kier molecular flexibility index (Phi) is 4.93. The summed E-state index contributed by atoms with van der Waals surface area (Å²) in [4.78, 5) is 6.48. The maximum Gasteiger partial charge on any atom is 0.0340 e. The van der Waals surface area contributed by atoms with Crippen LogP contribution < -0.4 is 5.32 Å². The van der Waals surface area contributed by atoms with Crippen LogP contribution in [-0.2, 0) is 13.0 Å². The molecule has 0 bridgehead atoms. The van der Waals surface area contributed by atoms with Gasteiger partial charge in [-0.1, -0.05) is 18.2 Å². The Hall–Kier alpha value is -1.87. The Bertz CT molecular complexity index is 496. The molecule has 100 valence electrons. The Labute approximate surface area is 115 Å². The van der Waals surface area contributed by atoms with E-state index in [-0.39, 0.29) is 0 Å². The van der Waals surface area contributed by atoms with Crippen molar-refractivity contribution in [1.82, 2.24) is 9.88 Å². The number of aromatic nitrogens is 1. The number of hydrogen-bond acceptors (Lipinski definition) is 3. The zero-order valence-corrected chi connectivity index (χ0v) is 11.6. The molecule has 0 aliphatic heterocycles. The molecule has 0 aliphatic carbocycles. The predicted octanol–water partition coefficient (Wildman–Crippen LogP) is 2.80. The van der Waals surface area contributed by atoms with Gasteiger partial charge in [-0.2, -0.15) is 0 Å². The van der Waals surface area contributed by atoms with Crippen molar-refractivity contribution in [2.75, 3.05) is 26.0 Å². The molecule has 1 N–H and O–H groups in total. The summed E-state index contributed by atoms with van der Waals surface area (Å²) in [5.41, 5.74) is 3.79. The summed E-state index contributed by atoms with van der Waals surface area (Å²) in [5, 5.41) is 3.17. The van der Waals surface area contributed by atoms with Gasteiger partial charge in [0.15, 0.2) is 0 Å². The molecule has 0 atom stereocenters. The number of pyridine rings is 1. The summed E-state index contributed by atoms with van der Waals surface area (Å²) in [5.74, 6) is 0. The largest absolute Gasteiger partial charge is 0.388 e. The highest BCUT2D eigenvalue weighted by Gasteiger charge is 2.02. The first-order valence-corrected chi connectivity index (χ1v) is 6.62. The van der Waals surface area contributed by atoms with E-state index in [2.05, 4.69) is 52.6 Å². The van der Waals surface area contributed by atoms with E-state index in [0.29, 0.717) is 0 Å². The van der Waals surface area contributed by atoms with Crippen LogP contribution in [-0.4, -0.2) is 30.5 Å². The van der Waals surface area contributed by atoms with Gasteiger partial charge in [0.1, 0.15) is 0 Å². The van der Waals surface area contributed by atoms with Crippen LogP contribution in [0.5, 0.6) is 0 Å². The van der Waals surface area contributed by atoms with Crippen LogP contribution in [0.3, 0.4) is 0 Å². The lowest BCUT2D eigenvalue weighted by molar-refractivity contribution is 0.331. The number of likely N-dealkylation sites (N-methyl/N-ethyl adjacent to an activating group) is 1. The minimum atomic E-state index is 0.968. The van der Waals surface area contributed by atoms with Crippen molar-refractivity contribution >= 4 is 5.69 Å². The maximum atomic E-state index is 4.14. The topological polar surface area (TPSA) is 28.2 Å². The first-order chi connectivity index (χ1) is 9.28. The second-order valence-electron chi connectivity index (χ2n) is 4.80. The van der Waals surface area contributed by atoms with Gasteiger partial charge < -0.3 is 10.2 Å². The molecule has 0 radical (unpaired) electrons. The standard InChI is InChI=1S/C16H21N3/c1-17-16-7-3-5-15(11-16)13-19(2)10-8-14-6-4-9-18-12-14/h3-7,9,11-12,17H,8,10,13H2,1-2H3. The molecule has 0 saturated heterocycles. The van der Waals surface area contributed by atoms with Crippen LogP contribution in [0.4, 0.5) is 5.69 Å². The molecular weight excluding hydrogens is 234 g/mol. The number of hydrogen-bond donors (Lipinski definition) is 1. The summed E-state index contributed by atoms with van der Waals surface area (Å²) in [7, 11) is 4.10. The average Bonchev–Trinajstić information content (AvgIpc) is 2.46. The summed E-state index contributed by atoms with van der Waals surface area (Å²) in [6, 6.07) is 12.7. The molecule has 2 rings (SSSR count). The highest BCUT2D eigenvalue weighted by Crippen LogP contribution is 2.11. The van der Waals surface area contributed by atoms with E-state index >= 15 is 0 Å². The highest BCUT2D eigenvalue weighted by molar-refractivity contribution is 5.44. The van der Waals surface area contributed by atoms with E-state index in [1.165, 1.54) is 11.1 Å². The molecule has 0 spiro atoms. The van der Waals surface area contributed by atoms with Crippen molar-refractivity contribution in [2.45, 2.75) is 13.0 Å². The van der Waals surface area contributed by atoms with Gasteiger partial charge in [-0.05, 0) is 42.8 Å². The van der Waals surface area contributed by atoms with E-state index in [1.807, 2.05) is 25.5 Å². The molecule has 0 saturated carbocycles. The minimum Gasteiger partial charge on any atom is -0.388 e. The van der Waals surface area contributed by atoms with E-state index in [1.54, 1.807) is 0 Å². The van der Waals surface area contributed by atoms with Gasteiger partial charge in [0.2, 0.25) is 0 Å². The van der Waals surface area contributed by atoms with E-state index in [4.69, 9.17) is 0 Å². The Balaban J connectivity index is 1.85. The van der Waals surface area contributed by atoms with Gasteiger partial charge in [0, 0.05) is 38.2 Å². The fraction of sp³-hybridized carbons (Fsp3) is 0.312. The smallest absolute Gasteiger partial charge is 0.0340 e. The molecule has 19 heavy (non-hydrogen) atoms. The first kappa shape index (κ1) is 13.6. The van der Waals surface area contributed by atoms with Gasteiger partial charge in [0.25, 0.3) is 0 Å². The summed E-state index contributed by atoms with van der Waals surface area (Å²) < 4.78 is 0. The van der Waals surface area contributed by atoms with Gasteiger partial charge in [-0.3, -0.25) is 4.98 Å². The molecule has 1 heterocycles. The molecule has 3 nitrogen and oxygen atoms in total. The van der Waals surface area contributed by atoms with Crippen LogP contribution >= 0.6 is 0 Å². The zero-order valence-electron chi connectivity index (χ0n) is 11.6. The van der Waals surface area contributed by atoms with Crippen molar-refractivity contribution in [3.8, 4) is 0 Å². The van der Waals surface area contributed by atoms with E-state index < -0.39 is 0 Å². The summed E-state index contributed by atoms with van der Waals surface area (Å²) >= 11 is 0. The average molecular weight is 255 g/mol. The second-order valence-corrected chi connectivity index (χ2v) is 4.80. The summed E-state index contributed by atoms with van der Waals surface area (Å²) in [6.07, 6.45) is 4.79. The molecular formula is C16H21N3. The molecule has 1 aromatic carbocycles. The SMILES string of the molecule is CNc1cccc(CN(C)CCc2cccnc2)c1. The number of benzene rings is 1. The molecule has 0 unspecified atom stereocenters. The van der Waals surface area contributed by atoms with Crippen LogP contribution in [0, 0.1) is 0 Å². The maximum absolute atomic E-state index is 4.14. The van der Waals surface area contributed by atoms with Gasteiger partial charge in [0.05, 0.1) is 0 Å². The number of nitrogens with zero attached hydrogens (tertiary/aromatic N) is 2. The van der Waals surface area contributed by atoms with Crippen molar-refractivity contribution < 1.29 is 0 Å². The third-order valence-electron chi connectivity index (χ3n) is 3.17. The summed E-state index contributed by atoms with van der Waals surface area (Å²) in [6.45, 7) is 2.01. The lowest BCUT2D eigenvalue weighted by Crippen LogP contribution is -2.20. The van der Waals surface area contributed by atoms with E-state index in [9.17, 15) is 0 Å². The third-order valence-corrected chi connectivity index (χ3v) is 3.17. The minimum absolute atomic E-state index is 0.968. The monoisotopic (exact) mass is 255 g/mol. The van der Waals surface area contributed by atoms with Crippen molar-refractivity contribution in [3.05, 3.63) is 59.9 Å². The van der Waals surface area contributed by atoms with Gasteiger partial charge in [-0.15, -0.1) is 0 Å². The normalized spacial score (nSPS) is 10.7. The fourth-order valence-corrected chi connectivity index (χ4v) is 2.08. The van der Waals surface area contributed by atoms with Crippen LogP contribution in [0.1, 0.15) is 11.1 Å². The number of rotatable bonds is 6. The quantitative estimate of drug-likeness (QED) is 0.860. The lowest BCUT2D eigenvalue weighted by atomic mass is 10.1. The van der Waals surface area contributed by atoms with E-state index in [0.717, 1.165) is 25.2 Å². The molecule has 0 amide bonds. The zero-order chi connectivity index (χ0) is 13.5. The number of anilines is 1. The second kappa shape index (κ2) is 6.90. The molecule has 1 aromatic heterocycles. The molecule has 3 heteroatoms. The molecule has 2 aromatic rings. The van der Waals surface area contributed by atoms with Gasteiger partial charge in [-0.25, -0.2) is 0 Å². The Morgan fingerprint density at radius 2 is 2.00 bits per heavy atom. The first-order valence-electron chi connectivity index (χ1n) is 6.62. The molecule has 0 fully saturated rings. The molecule has 0 aliphatic rings. The van der Waals surface area contributed by atoms with Crippen molar-refractivity contribution in [2.24, 2.45) is 0 Å². The van der Waals surface area contributed by atoms with Crippen LogP contribution in [0.15, 0.2) is 48.8 Å². The van der Waals surface area contributed by atoms with Crippen LogP contribution in [0.25, 0.3) is 0 Å². The Morgan fingerprint density at radius 3 is 2.74 bits per heavy atom.